The summed E-state index contributed by atoms with van der Waals surface area (Å²) in [7, 11) is 0. The maximum Gasteiger partial charge on any atom is 0.0705 e. The highest BCUT2D eigenvalue weighted by molar-refractivity contribution is 6.20. The fourth-order valence-electron chi connectivity index (χ4n) is 2.54. The fourth-order valence-corrected chi connectivity index (χ4v) is 2.84. The molecular weight excluding hydrogens is 278 g/mol. The van der Waals surface area contributed by atoms with E-state index in [4.69, 9.17) is 16.6 Å². The standard InChI is InChI=1S/C19H18ClN/c20-18(15-7-2-1-3-8-15)11-6-10-17-14-13-16-9-4-5-12-19(16)21-17/h1-5,7-9,12-14,18H,6,10-11H2. The van der Waals surface area contributed by atoms with Crippen molar-refractivity contribution in [2.75, 3.05) is 0 Å². The second-order valence-electron chi connectivity index (χ2n) is 5.27. The first kappa shape index (κ1) is 14.1. The van der Waals surface area contributed by atoms with Gasteiger partial charge < -0.3 is 0 Å². The van der Waals surface area contributed by atoms with Crippen molar-refractivity contribution >= 4 is 22.5 Å². The Morgan fingerprint density at radius 2 is 1.62 bits per heavy atom. The predicted octanol–water partition coefficient (Wildman–Crippen LogP) is 5.54. The monoisotopic (exact) mass is 295 g/mol. The zero-order valence-electron chi connectivity index (χ0n) is 11.9. The van der Waals surface area contributed by atoms with E-state index in [2.05, 4.69) is 36.4 Å². The molecule has 0 aliphatic carbocycles. The van der Waals surface area contributed by atoms with Gasteiger partial charge in [0, 0.05) is 11.1 Å². The summed E-state index contributed by atoms with van der Waals surface area (Å²) in [6, 6.07) is 22.8. The molecule has 0 aliphatic rings. The molecule has 0 spiro atoms. The lowest BCUT2D eigenvalue weighted by Gasteiger charge is -2.09. The third-order valence-electron chi connectivity index (χ3n) is 3.71. The molecule has 0 amide bonds. The minimum absolute atomic E-state index is 0.0895. The number of fused-ring (bicyclic) bond motifs is 1. The number of alkyl halides is 1. The molecular formula is C19H18ClN. The maximum atomic E-state index is 6.45. The first-order valence-electron chi connectivity index (χ1n) is 7.36. The van der Waals surface area contributed by atoms with Gasteiger partial charge in [-0.15, -0.1) is 11.6 Å². The lowest BCUT2D eigenvalue weighted by molar-refractivity contribution is 0.708. The van der Waals surface area contributed by atoms with Crippen molar-refractivity contribution in [3.05, 3.63) is 78.0 Å². The van der Waals surface area contributed by atoms with Gasteiger partial charge >= 0.3 is 0 Å². The number of hydrogen-bond donors (Lipinski definition) is 0. The smallest absolute Gasteiger partial charge is 0.0705 e. The molecule has 1 heterocycles. The zero-order valence-corrected chi connectivity index (χ0v) is 12.6. The topological polar surface area (TPSA) is 12.9 Å². The number of para-hydroxylation sites is 1. The van der Waals surface area contributed by atoms with Crippen LogP contribution in [0.25, 0.3) is 10.9 Å². The molecule has 106 valence electrons. The molecule has 0 aliphatic heterocycles. The minimum atomic E-state index is 0.0895. The van der Waals surface area contributed by atoms with E-state index < -0.39 is 0 Å². The molecule has 3 aromatic rings. The van der Waals surface area contributed by atoms with Gasteiger partial charge in [0.25, 0.3) is 0 Å². The number of benzene rings is 2. The van der Waals surface area contributed by atoms with Crippen LogP contribution in [0.3, 0.4) is 0 Å². The van der Waals surface area contributed by atoms with Crippen molar-refractivity contribution in [2.24, 2.45) is 0 Å². The molecule has 0 saturated carbocycles. The number of aromatic nitrogens is 1. The Morgan fingerprint density at radius 1 is 0.857 bits per heavy atom. The second-order valence-corrected chi connectivity index (χ2v) is 5.79. The van der Waals surface area contributed by atoms with Gasteiger partial charge in [-0.2, -0.15) is 0 Å². The molecule has 0 bridgehead atoms. The van der Waals surface area contributed by atoms with Crippen LogP contribution in [-0.2, 0) is 6.42 Å². The van der Waals surface area contributed by atoms with Gasteiger partial charge in [0.05, 0.1) is 10.9 Å². The number of halogens is 1. The Balaban J connectivity index is 1.59. The average Bonchev–Trinajstić information content (AvgIpc) is 2.55. The molecule has 1 atom stereocenters. The predicted molar refractivity (Wildman–Crippen MR) is 89.7 cm³/mol. The number of nitrogens with zero attached hydrogens (tertiary/aromatic N) is 1. The number of rotatable bonds is 5. The number of hydrogen-bond acceptors (Lipinski definition) is 1. The van der Waals surface area contributed by atoms with Gasteiger partial charge in [-0.25, -0.2) is 0 Å². The van der Waals surface area contributed by atoms with Crippen LogP contribution in [-0.4, -0.2) is 4.98 Å². The lowest BCUT2D eigenvalue weighted by Crippen LogP contribution is -1.95. The van der Waals surface area contributed by atoms with Gasteiger partial charge in [-0.3, -0.25) is 4.98 Å². The fraction of sp³-hybridized carbons (Fsp3) is 0.211. The Hall–Kier alpha value is -1.86. The first-order chi connectivity index (χ1) is 10.3. The van der Waals surface area contributed by atoms with Crippen LogP contribution >= 0.6 is 11.6 Å². The average molecular weight is 296 g/mol. The molecule has 1 unspecified atom stereocenters. The normalized spacial score (nSPS) is 12.4. The van der Waals surface area contributed by atoms with Crippen molar-refractivity contribution in [2.45, 2.75) is 24.6 Å². The SMILES string of the molecule is ClC(CCCc1ccc2ccccc2n1)c1ccccc1. The lowest BCUT2D eigenvalue weighted by atomic mass is 10.1. The zero-order chi connectivity index (χ0) is 14.5. The second kappa shape index (κ2) is 6.73. The quantitative estimate of drug-likeness (QED) is 0.563. The number of aryl methyl sites for hydroxylation is 1. The van der Waals surface area contributed by atoms with Crippen LogP contribution in [0.1, 0.15) is 29.5 Å². The molecule has 1 nitrogen and oxygen atoms in total. The Morgan fingerprint density at radius 3 is 2.48 bits per heavy atom. The minimum Gasteiger partial charge on any atom is -0.253 e. The summed E-state index contributed by atoms with van der Waals surface area (Å²) in [5.41, 5.74) is 3.41. The van der Waals surface area contributed by atoms with Gasteiger partial charge in [0.1, 0.15) is 0 Å². The van der Waals surface area contributed by atoms with Crippen LogP contribution in [0.2, 0.25) is 0 Å². The molecule has 2 aromatic carbocycles. The molecule has 0 saturated heterocycles. The van der Waals surface area contributed by atoms with Gasteiger partial charge in [-0.1, -0.05) is 54.6 Å². The van der Waals surface area contributed by atoms with Crippen LogP contribution in [0.5, 0.6) is 0 Å². The molecule has 0 N–H and O–H groups in total. The summed E-state index contributed by atoms with van der Waals surface area (Å²) < 4.78 is 0. The molecule has 3 rings (SSSR count). The highest BCUT2D eigenvalue weighted by atomic mass is 35.5. The highest BCUT2D eigenvalue weighted by Crippen LogP contribution is 2.26. The van der Waals surface area contributed by atoms with Crippen LogP contribution < -0.4 is 0 Å². The van der Waals surface area contributed by atoms with Crippen molar-refractivity contribution in [3.8, 4) is 0 Å². The van der Waals surface area contributed by atoms with Crippen LogP contribution in [0.15, 0.2) is 66.7 Å². The van der Waals surface area contributed by atoms with Gasteiger partial charge in [0.15, 0.2) is 0 Å². The largest absolute Gasteiger partial charge is 0.253 e. The van der Waals surface area contributed by atoms with E-state index >= 15 is 0 Å². The Kier molecular flexibility index (Phi) is 4.52. The summed E-state index contributed by atoms with van der Waals surface area (Å²) in [5.74, 6) is 0. The van der Waals surface area contributed by atoms with Crippen molar-refractivity contribution in [1.29, 1.82) is 0 Å². The van der Waals surface area contributed by atoms with E-state index in [1.807, 2.05) is 30.3 Å². The summed E-state index contributed by atoms with van der Waals surface area (Å²) in [6.45, 7) is 0. The summed E-state index contributed by atoms with van der Waals surface area (Å²) in [4.78, 5) is 4.70. The maximum absolute atomic E-state index is 6.45. The third-order valence-corrected chi connectivity index (χ3v) is 4.18. The summed E-state index contributed by atoms with van der Waals surface area (Å²) >= 11 is 6.45. The molecule has 0 fully saturated rings. The molecule has 21 heavy (non-hydrogen) atoms. The molecule has 0 radical (unpaired) electrons. The van der Waals surface area contributed by atoms with Crippen molar-refractivity contribution in [3.63, 3.8) is 0 Å². The van der Waals surface area contributed by atoms with Crippen molar-refractivity contribution < 1.29 is 0 Å². The van der Waals surface area contributed by atoms with E-state index in [0.717, 1.165) is 30.5 Å². The first-order valence-corrected chi connectivity index (χ1v) is 7.80. The van der Waals surface area contributed by atoms with E-state index in [1.54, 1.807) is 0 Å². The Bertz CT molecular complexity index is 709. The van der Waals surface area contributed by atoms with Crippen molar-refractivity contribution in [1.82, 2.24) is 4.98 Å². The third kappa shape index (κ3) is 3.62. The van der Waals surface area contributed by atoms with E-state index in [0.29, 0.717) is 0 Å². The van der Waals surface area contributed by atoms with Crippen LogP contribution in [0, 0.1) is 0 Å². The molecule has 2 heteroatoms. The Labute approximate surface area is 130 Å². The van der Waals surface area contributed by atoms with Gasteiger partial charge in [-0.05, 0) is 37.0 Å². The summed E-state index contributed by atoms with van der Waals surface area (Å²) in [6.07, 6.45) is 3.00. The van der Waals surface area contributed by atoms with E-state index in [9.17, 15) is 0 Å². The highest BCUT2D eigenvalue weighted by Gasteiger charge is 2.07. The van der Waals surface area contributed by atoms with E-state index in [-0.39, 0.29) is 5.38 Å². The molecule has 1 aromatic heterocycles. The van der Waals surface area contributed by atoms with E-state index in [1.165, 1.54) is 10.9 Å². The number of pyridine rings is 1. The van der Waals surface area contributed by atoms with Crippen LogP contribution in [0.4, 0.5) is 0 Å². The van der Waals surface area contributed by atoms with Gasteiger partial charge in [0.2, 0.25) is 0 Å². The summed E-state index contributed by atoms with van der Waals surface area (Å²) in [5, 5.41) is 1.28.